The number of aromatic nitrogens is 7. The predicted octanol–water partition coefficient (Wildman–Crippen LogP) is 3.37. The molecule has 0 saturated heterocycles. The van der Waals surface area contributed by atoms with Crippen molar-refractivity contribution < 1.29 is 9.90 Å². The van der Waals surface area contributed by atoms with E-state index in [-0.39, 0.29) is 0 Å². The first-order valence-electron chi connectivity index (χ1n) is 11.2. The second kappa shape index (κ2) is 10.7. The molecule has 3 aromatic heterocycles. The normalized spacial score (nSPS) is 15.9. The van der Waals surface area contributed by atoms with Crippen LogP contribution in [-0.2, 0) is 24.4 Å². The van der Waals surface area contributed by atoms with Crippen LogP contribution in [0.1, 0.15) is 68.1 Å². The molecule has 0 aliphatic heterocycles. The molecule has 1 saturated carbocycles. The molecule has 172 valence electrons. The van der Waals surface area contributed by atoms with E-state index < -0.39 is 12.0 Å². The largest absolute Gasteiger partial charge is 0.480 e. The van der Waals surface area contributed by atoms with E-state index in [1.807, 2.05) is 4.90 Å². The van der Waals surface area contributed by atoms with Crippen LogP contribution in [0, 0.1) is 4.77 Å². The number of carbonyl (C=O) groups is 1. The van der Waals surface area contributed by atoms with Crippen LogP contribution in [0.2, 0.25) is 0 Å². The van der Waals surface area contributed by atoms with Gasteiger partial charge in [0, 0.05) is 49.3 Å². The third kappa shape index (κ3) is 5.52. The van der Waals surface area contributed by atoms with Gasteiger partial charge in [-0.15, -0.1) is 0 Å². The minimum absolute atomic E-state index is 0.434. The molecule has 32 heavy (non-hydrogen) atoms. The fourth-order valence-corrected chi connectivity index (χ4v) is 4.81. The van der Waals surface area contributed by atoms with Crippen LogP contribution in [0.15, 0.2) is 25.0 Å². The van der Waals surface area contributed by atoms with Crippen LogP contribution < -0.4 is 0 Å². The quantitative estimate of drug-likeness (QED) is 0.324. The summed E-state index contributed by atoms with van der Waals surface area (Å²) >= 11 is 5.47. The number of aliphatic carboxylic acids is 1. The second-order valence-electron chi connectivity index (χ2n) is 8.43. The van der Waals surface area contributed by atoms with Crippen LogP contribution in [0.5, 0.6) is 0 Å². The van der Waals surface area contributed by atoms with Gasteiger partial charge in [0.1, 0.15) is 11.9 Å². The molecular weight excluding hydrogens is 428 g/mol. The number of hydrogen-bond donors (Lipinski definition) is 4. The summed E-state index contributed by atoms with van der Waals surface area (Å²) in [5.74, 6) is 0.616. The van der Waals surface area contributed by atoms with Gasteiger partial charge < -0.3 is 19.6 Å². The number of imidazole rings is 2. The van der Waals surface area contributed by atoms with Crippen molar-refractivity contribution in [1.82, 2.24) is 39.6 Å². The predicted molar refractivity (Wildman–Crippen MR) is 120 cm³/mol. The maximum absolute atomic E-state index is 12.2. The number of H-pyrrole nitrogens is 3. The summed E-state index contributed by atoms with van der Waals surface area (Å²) in [5, 5.41) is 17.5. The summed E-state index contributed by atoms with van der Waals surface area (Å²) in [6.07, 6.45) is 13.8. The van der Waals surface area contributed by atoms with Crippen molar-refractivity contribution in [3.63, 3.8) is 0 Å². The molecule has 10 nitrogen and oxygen atoms in total. The van der Waals surface area contributed by atoms with Crippen LogP contribution in [0.3, 0.4) is 0 Å². The summed E-state index contributed by atoms with van der Waals surface area (Å²) in [7, 11) is 0. The van der Waals surface area contributed by atoms with E-state index in [9.17, 15) is 9.90 Å². The average Bonchev–Trinajstić information content (AvgIpc) is 3.55. The van der Waals surface area contributed by atoms with E-state index in [0.29, 0.717) is 43.2 Å². The van der Waals surface area contributed by atoms with Crippen molar-refractivity contribution in [2.75, 3.05) is 0 Å². The standard InChI is InChI=1S/C21H30N8O2S/c30-20(31)18(28(11-16-9-22-13-24-16)12-17-10-23-14-25-17)7-4-8-29-19(26-27-21(29)32)15-5-2-1-3-6-15/h9-10,13-15,18H,1-8,11-12H2,(H,22,24)(H,23,25)(H,27,32)(H,30,31)/t18-/m0/s1. The zero-order valence-electron chi connectivity index (χ0n) is 18.0. The van der Waals surface area contributed by atoms with Gasteiger partial charge in [0.05, 0.1) is 12.7 Å². The molecule has 3 aromatic rings. The number of rotatable bonds is 11. The lowest BCUT2D eigenvalue weighted by Crippen LogP contribution is -2.40. The van der Waals surface area contributed by atoms with Gasteiger partial charge in [-0.1, -0.05) is 19.3 Å². The first-order chi connectivity index (χ1) is 15.6. The molecule has 0 amide bonds. The summed E-state index contributed by atoms with van der Waals surface area (Å²) in [6, 6.07) is -0.652. The number of nitrogens with one attached hydrogen (secondary N) is 3. The summed E-state index contributed by atoms with van der Waals surface area (Å²) < 4.78 is 2.68. The third-order valence-electron chi connectivity index (χ3n) is 6.20. The van der Waals surface area contributed by atoms with Gasteiger partial charge >= 0.3 is 5.97 Å². The van der Waals surface area contributed by atoms with Gasteiger partial charge in [-0.3, -0.25) is 14.8 Å². The molecular formula is C21H30N8O2S. The second-order valence-corrected chi connectivity index (χ2v) is 8.82. The smallest absolute Gasteiger partial charge is 0.320 e. The molecule has 11 heteroatoms. The van der Waals surface area contributed by atoms with Crippen molar-refractivity contribution in [2.45, 2.75) is 76.5 Å². The van der Waals surface area contributed by atoms with E-state index in [4.69, 9.17) is 12.2 Å². The molecule has 3 heterocycles. The lowest BCUT2D eigenvalue weighted by atomic mass is 9.88. The number of carboxylic acid groups (broad SMARTS) is 1. The van der Waals surface area contributed by atoms with Gasteiger partial charge in [-0.2, -0.15) is 5.10 Å². The Bertz CT molecular complexity index is 985. The van der Waals surface area contributed by atoms with Crippen molar-refractivity contribution in [3.8, 4) is 0 Å². The molecule has 4 rings (SSSR count). The fourth-order valence-electron chi connectivity index (χ4n) is 4.58. The summed E-state index contributed by atoms with van der Waals surface area (Å²) in [5.41, 5.74) is 1.74. The van der Waals surface area contributed by atoms with Crippen molar-refractivity contribution in [2.24, 2.45) is 0 Å². The Hall–Kier alpha value is -2.79. The van der Waals surface area contributed by atoms with Gasteiger partial charge in [0.25, 0.3) is 0 Å². The Morgan fingerprint density at radius 3 is 2.38 bits per heavy atom. The van der Waals surface area contributed by atoms with Crippen molar-refractivity contribution >= 4 is 18.2 Å². The lowest BCUT2D eigenvalue weighted by molar-refractivity contribution is -0.144. The molecule has 0 spiro atoms. The number of aromatic amines is 3. The van der Waals surface area contributed by atoms with E-state index in [1.165, 1.54) is 19.3 Å². The van der Waals surface area contributed by atoms with Crippen LogP contribution in [0.4, 0.5) is 0 Å². The van der Waals surface area contributed by atoms with Crippen molar-refractivity contribution in [3.05, 3.63) is 47.0 Å². The molecule has 1 atom stereocenters. The average molecular weight is 459 g/mol. The number of hydrogen-bond acceptors (Lipinski definition) is 6. The highest BCUT2D eigenvalue weighted by Crippen LogP contribution is 2.31. The van der Waals surface area contributed by atoms with Crippen LogP contribution in [-0.4, -0.2) is 56.7 Å². The number of nitrogens with zero attached hydrogens (tertiary/aromatic N) is 5. The molecule has 0 aromatic carbocycles. The Morgan fingerprint density at radius 2 is 1.81 bits per heavy atom. The fraction of sp³-hybridized carbons (Fsp3) is 0.571. The number of carboxylic acids is 1. The summed E-state index contributed by atoms with van der Waals surface area (Å²) in [4.78, 5) is 28.4. The van der Waals surface area contributed by atoms with E-state index >= 15 is 0 Å². The van der Waals surface area contributed by atoms with E-state index in [0.717, 1.165) is 30.1 Å². The highest BCUT2D eigenvalue weighted by Gasteiger charge is 2.27. The van der Waals surface area contributed by atoms with Gasteiger partial charge in [-0.05, 0) is 37.9 Å². The molecule has 1 aliphatic rings. The summed E-state index contributed by atoms with van der Waals surface area (Å²) in [6.45, 7) is 1.57. The zero-order valence-corrected chi connectivity index (χ0v) is 18.9. The first-order valence-corrected chi connectivity index (χ1v) is 11.6. The maximum atomic E-state index is 12.2. The molecule has 4 N–H and O–H groups in total. The SMILES string of the molecule is O=C(O)[C@H](CCCn1c(C2CCCCC2)n[nH]c1=S)N(Cc1cnc[nH]1)Cc1cnc[nH]1. The van der Waals surface area contributed by atoms with Gasteiger partial charge in [0.2, 0.25) is 0 Å². The monoisotopic (exact) mass is 458 g/mol. The topological polar surface area (TPSA) is 132 Å². The molecule has 1 aliphatic carbocycles. The minimum Gasteiger partial charge on any atom is -0.480 e. The first kappa shape index (κ1) is 22.4. The Balaban J connectivity index is 1.44. The Morgan fingerprint density at radius 1 is 1.16 bits per heavy atom. The zero-order chi connectivity index (χ0) is 22.3. The van der Waals surface area contributed by atoms with Crippen LogP contribution >= 0.6 is 12.2 Å². The lowest BCUT2D eigenvalue weighted by Gasteiger charge is -2.28. The van der Waals surface area contributed by atoms with Crippen LogP contribution in [0.25, 0.3) is 0 Å². The molecule has 1 fully saturated rings. The minimum atomic E-state index is -0.840. The van der Waals surface area contributed by atoms with E-state index in [1.54, 1.807) is 25.0 Å². The van der Waals surface area contributed by atoms with Crippen molar-refractivity contribution in [1.29, 1.82) is 0 Å². The molecule has 0 radical (unpaired) electrons. The molecule has 0 unspecified atom stereocenters. The van der Waals surface area contributed by atoms with Gasteiger partial charge in [-0.25, -0.2) is 9.97 Å². The van der Waals surface area contributed by atoms with Gasteiger partial charge in [0.15, 0.2) is 4.77 Å². The molecule has 0 bridgehead atoms. The Labute approximate surface area is 191 Å². The Kier molecular flexibility index (Phi) is 7.48. The highest BCUT2D eigenvalue weighted by molar-refractivity contribution is 7.71. The maximum Gasteiger partial charge on any atom is 0.320 e. The van der Waals surface area contributed by atoms with E-state index in [2.05, 4.69) is 34.7 Å². The highest BCUT2D eigenvalue weighted by atomic mass is 32.1. The third-order valence-corrected chi connectivity index (χ3v) is 6.51.